The van der Waals surface area contributed by atoms with Gasteiger partial charge in [0.15, 0.2) is 6.61 Å². The van der Waals surface area contributed by atoms with E-state index in [1.54, 1.807) is 24.4 Å². The number of halogens is 1. The first-order chi connectivity index (χ1) is 11.6. The van der Waals surface area contributed by atoms with Gasteiger partial charge in [0.05, 0.1) is 11.1 Å². The monoisotopic (exact) mass is 345 g/mol. The lowest BCUT2D eigenvalue weighted by atomic mass is 9.69. The van der Waals surface area contributed by atoms with Gasteiger partial charge in [-0.25, -0.2) is 0 Å². The molecule has 0 amide bonds. The van der Waals surface area contributed by atoms with E-state index in [1.165, 1.54) is 0 Å². The minimum absolute atomic E-state index is 0.231. The fourth-order valence-electron chi connectivity index (χ4n) is 3.40. The van der Waals surface area contributed by atoms with Crippen LogP contribution < -0.4 is 0 Å². The van der Waals surface area contributed by atoms with E-state index >= 15 is 0 Å². The molecule has 126 valence electrons. The van der Waals surface area contributed by atoms with Crippen molar-refractivity contribution < 1.29 is 14.3 Å². The number of aromatic nitrogens is 1. The van der Waals surface area contributed by atoms with Gasteiger partial charge in [-0.1, -0.05) is 43.0 Å². The van der Waals surface area contributed by atoms with Crippen LogP contribution in [0.25, 0.3) is 0 Å². The first kappa shape index (κ1) is 16.8. The van der Waals surface area contributed by atoms with Crippen LogP contribution in [0.3, 0.4) is 0 Å². The molecular formula is C19H20ClNO3. The van der Waals surface area contributed by atoms with E-state index in [4.69, 9.17) is 16.3 Å². The quantitative estimate of drug-likeness (QED) is 0.649. The summed E-state index contributed by atoms with van der Waals surface area (Å²) in [5.74, 6) is -0.560. The molecule has 1 aliphatic carbocycles. The summed E-state index contributed by atoms with van der Waals surface area (Å²) >= 11 is 6.12. The molecular weight excluding hydrogens is 326 g/mol. The van der Waals surface area contributed by atoms with E-state index in [0.717, 1.165) is 37.7 Å². The zero-order chi connectivity index (χ0) is 17.0. The summed E-state index contributed by atoms with van der Waals surface area (Å²) in [6.07, 6.45) is 6.16. The summed E-state index contributed by atoms with van der Waals surface area (Å²) < 4.78 is 5.41. The van der Waals surface area contributed by atoms with Gasteiger partial charge in [-0.15, -0.1) is 0 Å². The Hall–Kier alpha value is -2.07. The highest BCUT2D eigenvalue weighted by Crippen LogP contribution is 2.41. The molecule has 0 spiro atoms. The molecule has 2 aromatic rings. The number of H-pyrrole nitrogens is 1. The summed E-state index contributed by atoms with van der Waals surface area (Å²) in [6.45, 7) is -0.248. The molecule has 1 aromatic heterocycles. The van der Waals surface area contributed by atoms with Gasteiger partial charge in [0.25, 0.3) is 0 Å². The summed E-state index contributed by atoms with van der Waals surface area (Å²) in [6, 6.07) is 10.8. The molecule has 1 aliphatic rings. The van der Waals surface area contributed by atoms with Gasteiger partial charge >= 0.3 is 5.97 Å². The topological polar surface area (TPSA) is 59.2 Å². The van der Waals surface area contributed by atoms with Crippen LogP contribution >= 0.6 is 11.6 Å². The van der Waals surface area contributed by atoms with Crippen LogP contribution in [0, 0.1) is 0 Å². The lowest BCUT2D eigenvalue weighted by molar-refractivity contribution is -0.151. The number of aromatic amines is 1. The second-order valence-electron chi connectivity index (χ2n) is 6.24. The molecule has 1 saturated carbocycles. The van der Waals surface area contributed by atoms with Gasteiger partial charge < -0.3 is 9.72 Å². The number of benzene rings is 1. The van der Waals surface area contributed by atoms with Crippen molar-refractivity contribution in [1.29, 1.82) is 0 Å². The van der Waals surface area contributed by atoms with E-state index in [-0.39, 0.29) is 18.4 Å². The van der Waals surface area contributed by atoms with Crippen molar-refractivity contribution in [3.63, 3.8) is 0 Å². The maximum atomic E-state index is 12.9. The number of esters is 1. The van der Waals surface area contributed by atoms with Crippen molar-refractivity contribution in [3.05, 3.63) is 58.9 Å². The van der Waals surface area contributed by atoms with Crippen molar-refractivity contribution >= 4 is 23.4 Å². The summed E-state index contributed by atoms with van der Waals surface area (Å²) in [4.78, 5) is 27.8. The average molecular weight is 346 g/mol. The van der Waals surface area contributed by atoms with Crippen LogP contribution in [0.1, 0.15) is 48.2 Å². The van der Waals surface area contributed by atoms with E-state index < -0.39 is 5.41 Å². The number of nitrogens with one attached hydrogen (secondary N) is 1. The highest BCUT2D eigenvalue weighted by atomic mass is 35.5. The fraction of sp³-hybridized carbons (Fsp3) is 0.368. The van der Waals surface area contributed by atoms with Gasteiger partial charge in [0.2, 0.25) is 5.78 Å². The number of ether oxygens (including phenoxy) is 1. The van der Waals surface area contributed by atoms with Crippen molar-refractivity contribution in [2.75, 3.05) is 6.61 Å². The molecule has 1 N–H and O–H groups in total. The number of hydrogen-bond acceptors (Lipinski definition) is 3. The molecule has 0 radical (unpaired) electrons. The minimum Gasteiger partial charge on any atom is -0.457 e. The zero-order valence-corrected chi connectivity index (χ0v) is 14.1. The average Bonchev–Trinajstić information content (AvgIpc) is 3.14. The predicted octanol–water partition coefficient (Wildman–Crippen LogP) is 4.30. The molecule has 4 nitrogen and oxygen atoms in total. The van der Waals surface area contributed by atoms with E-state index in [9.17, 15) is 9.59 Å². The normalized spacial score (nSPS) is 16.5. The molecule has 1 aromatic carbocycles. The Bertz CT molecular complexity index is 718. The van der Waals surface area contributed by atoms with Gasteiger partial charge in [0.1, 0.15) is 0 Å². The van der Waals surface area contributed by atoms with Gasteiger partial charge in [0, 0.05) is 11.2 Å². The van der Waals surface area contributed by atoms with Crippen LogP contribution in [0.5, 0.6) is 0 Å². The smallest absolute Gasteiger partial charge is 0.317 e. The summed E-state index contributed by atoms with van der Waals surface area (Å²) in [5.41, 5.74) is 0.634. The number of rotatable bonds is 5. The molecule has 1 fully saturated rings. The van der Waals surface area contributed by atoms with Gasteiger partial charge in [-0.2, -0.15) is 0 Å². The Kier molecular flexibility index (Phi) is 5.05. The first-order valence-corrected chi connectivity index (χ1v) is 8.59. The number of hydrogen-bond donors (Lipinski definition) is 1. The number of carbonyl (C=O) groups excluding carboxylic acids is 2. The maximum Gasteiger partial charge on any atom is 0.317 e. The predicted molar refractivity (Wildman–Crippen MR) is 92.3 cm³/mol. The SMILES string of the molecule is O=C(COC(=O)C1(c2cccc(Cl)c2)CCCCC1)c1ccc[nH]1. The summed E-state index contributed by atoms with van der Waals surface area (Å²) in [5, 5.41) is 0.604. The van der Waals surface area contributed by atoms with Crippen molar-refractivity contribution in [3.8, 4) is 0 Å². The second-order valence-corrected chi connectivity index (χ2v) is 6.67. The summed E-state index contributed by atoms with van der Waals surface area (Å²) in [7, 11) is 0. The Morgan fingerprint density at radius 2 is 1.92 bits per heavy atom. The Balaban J connectivity index is 1.78. The lowest BCUT2D eigenvalue weighted by Crippen LogP contribution is -2.40. The van der Waals surface area contributed by atoms with Crippen molar-refractivity contribution in [2.45, 2.75) is 37.5 Å². The van der Waals surface area contributed by atoms with Gasteiger partial charge in [-0.05, 0) is 42.7 Å². The van der Waals surface area contributed by atoms with E-state index in [2.05, 4.69) is 4.98 Å². The molecule has 0 aliphatic heterocycles. The van der Waals surface area contributed by atoms with Crippen molar-refractivity contribution in [1.82, 2.24) is 4.98 Å². The van der Waals surface area contributed by atoms with E-state index in [0.29, 0.717) is 10.7 Å². The van der Waals surface area contributed by atoms with Crippen LogP contribution in [0.15, 0.2) is 42.6 Å². The lowest BCUT2D eigenvalue weighted by Gasteiger charge is -2.35. The fourth-order valence-corrected chi connectivity index (χ4v) is 3.59. The standard InChI is InChI=1S/C19H20ClNO3/c20-15-7-4-6-14(12-15)19(9-2-1-3-10-19)18(23)24-13-17(22)16-8-5-11-21-16/h4-8,11-12,21H,1-3,9-10,13H2. The van der Waals surface area contributed by atoms with Crippen LogP contribution in [0.2, 0.25) is 5.02 Å². The van der Waals surface area contributed by atoms with E-state index in [1.807, 2.05) is 18.2 Å². The Morgan fingerprint density at radius 3 is 2.58 bits per heavy atom. The third kappa shape index (κ3) is 3.39. The molecule has 3 rings (SSSR count). The third-order valence-electron chi connectivity index (χ3n) is 4.71. The second kappa shape index (κ2) is 7.22. The molecule has 0 bridgehead atoms. The zero-order valence-electron chi connectivity index (χ0n) is 13.4. The van der Waals surface area contributed by atoms with Crippen molar-refractivity contribution in [2.24, 2.45) is 0 Å². The molecule has 0 saturated heterocycles. The first-order valence-electron chi connectivity index (χ1n) is 8.22. The maximum absolute atomic E-state index is 12.9. The number of carbonyl (C=O) groups is 2. The van der Waals surface area contributed by atoms with Crippen LogP contribution in [-0.2, 0) is 14.9 Å². The Labute approximate surface area is 146 Å². The minimum atomic E-state index is -0.695. The van der Waals surface area contributed by atoms with Gasteiger partial charge in [-0.3, -0.25) is 9.59 Å². The molecule has 5 heteroatoms. The largest absolute Gasteiger partial charge is 0.457 e. The Morgan fingerprint density at radius 1 is 1.12 bits per heavy atom. The molecule has 1 heterocycles. The third-order valence-corrected chi connectivity index (χ3v) is 4.94. The molecule has 0 unspecified atom stereocenters. The highest BCUT2D eigenvalue weighted by Gasteiger charge is 2.42. The number of Topliss-reactive ketones (excluding diaryl/α,β-unsaturated/α-hetero) is 1. The van der Waals surface area contributed by atoms with Crippen LogP contribution in [-0.4, -0.2) is 23.3 Å². The molecule has 24 heavy (non-hydrogen) atoms. The highest BCUT2D eigenvalue weighted by molar-refractivity contribution is 6.30. The van der Waals surface area contributed by atoms with Crippen LogP contribution in [0.4, 0.5) is 0 Å². The molecule has 0 atom stereocenters. The number of ketones is 1.